The Balaban J connectivity index is 2.25. The van der Waals surface area contributed by atoms with E-state index >= 15 is 0 Å². The summed E-state index contributed by atoms with van der Waals surface area (Å²) in [5.41, 5.74) is 0.946. The normalized spacial score (nSPS) is 18.5. The minimum atomic E-state index is -0.191. The molecule has 0 aliphatic heterocycles. The highest BCUT2D eigenvalue weighted by molar-refractivity contribution is 5.83. The van der Waals surface area contributed by atoms with Crippen LogP contribution < -0.4 is 0 Å². The number of methoxy groups -OCH3 is 1. The summed E-state index contributed by atoms with van der Waals surface area (Å²) in [6, 6.07) is 0. The van der Waals surface area contributed by atoms with Gasteiger partial charge in [-0.15, -0.1) is 0 Å². The zero-order valence-corrected chi connectivity index (χ0v) is 17.0. The molecule has 1 aliphatic rings. The Kier molecular flexibility index (Phi) is 10.1. The molecule has 1 atom stereocenters. The Labute approximate surface area is 154 Å². The number of hydrogen-bond acceptors (Lipinski definition) is 3. The van der Waals surface area contributed by atoms with Gasteiger partial charge in [0.15, 0.2) is 0 Å². The van der Waals surface area contributed by atoms with Gasteiger partial charge in [0.25, 0.3) is 0 Å². The van der Waals surface area contributed by atoms with E-state index in [-0.39, 0.29) is 17.7 Å². The van der Waals surface area contributed by atoms with Crippen LogP contribution in [0, 0.1) is 5.92 Å². The van der Waals surface area contributed by atoms with Crippen LogP contribution in [0.25, 0.3) is 0 Å². The topological polar surface area (TPSA) is 35.5 Å². The highest BCUT2D eigenvalue weighted by Gasteiger charge is 2.17. The molecular formula is C22H38O3. The third kappa shape index (κ3) is 10.5. The van der Waals surface area contributed by atoms with Crippen molar-refractivity contribution < 1.29 is 14.3 Å². The first-order chi connectivity index (χ1) is 11.8. The molecule has 1 rings (SSSR count). The molecule has 1 aliphatic carbocycles. The first-order valence-electron chi connectivity index (χ1n) is 9.93. The van der Waals surface area contributed by atoms with Crippen molar-refractivity contribution in [3.8, 4) is 0 Å². The largest absolute Gasteiger partial charge is 0.459 e. The number of hydrogen-bond donors (Lipinski definition) is 0. The molecule has 25 heavy (non-hydrogen) atoms. The summed E-state index contributed by atoms with van der Waals surface area (Å²) in [4.78, 5) is 11.9. The molecule has 0 aromatic carbocycles. The molecule has 144 valence electrons. The molecule has 3 heteroatoms. The fourth-order valence-electron chi connectivity index (χ4n) is 3.20. The van der Waals surface area contributed by atoms with Crippen LogP contribution in [0.15, 0.2) is 23.8 Å². The van der Waals surface area contributed by atoms with Gasteiger partial charge in [0.1, 0.15) is 6.10 Å². The second-order valence-electron chi connectivity index (χ2n) is 8.18. The van der Waals surface area contributed by atoms with E-state index in [1.54, 1.807) is 13.2 Å². The van der Waals surface area contributed by atoms with E-state index < -0.39 is 0 Å². The molecule has 0 N–H and O–H groups in total. The molecular weight excluding hydrogens is 312 g/mol. The highest BCUT2D eigenvalue weighted by Crippen LogP contribution is 2.21. The summed E-state index contributed by atoms with van der Waals surface area (Å²) in [6.07, 6.45) is 16.1. The first-order valence-corrected chi connectivity index (χ1v) is 9.93. The lowest BCUT2D eigenvalue weighted by Gasteiger charge is -2.23. The van der Waals surface area contributed by atoms with Crippen LogP contribution in [0.5, 0.6) is 0 Å². The van der Waals surface area contributed by atoms with Crippen LogP contribution in [-0.2, 0) is 14.3 Å². The van der Waals surface area contributed by atoms with Gasteiger partial charge in [0, 0.05) is 13.2 Å². The summed E-state index contributed by atoms with van der Waals surface area (Å²) in [7, 11) is 1.78. The van der Waals surface area contributed by atoms with Crippen molar-refractivity contribution in [1.29, 1.82) is 0 Å². The number of ether oxygens (including phenoxy) is 2. The second kappa shape index (κ2) is 11.5. The second-order valence-corrected chi connectivity index (χ2v) is 8.18. The molecule has 0 heterocycles. The summed E-state index contributed by atoms with van der Waals surface area (Å²) in [5.74, 6) is 0.454. The molecule has 3 nitrogen and oxygen atoms in total. The third-order valence-electron chi connectivity index (χ3n) is 5.13. The van der Waals surface area contributed by atoms with Crippen molar-refractivity contribution in [3.05, 3.63) is 23.8 Å². The van der Waals surface area contributed by atoms with Crippen molar-refractivity contribution in [2.45, 2.75) is 97.2 Å². The monoisotopic (exact) mass is 350 g/mol. The van der Waals surface area contributed by atoms with E-state index in [4.69, 9.17) is 9.47 Å². The molecule has 0 bridgehead atoms. The number of esters is 1. The number of carbonyl (C=O) groups excluding carboxylic acids is 1. The predicted octanol–water partition coefficient (Wildman–Crippen LogP) is 5.99. The van der Waals surface area contributed by atoms with Gasteiger partial charge in [0.2, 0.25) is 0 Å². The average Bonchev–Trinajstić information content (AvgIpc) is 2.55. The SMILES string of the molecule is COC(C)(C)CCCC(C)C/C=C/C(C)=C/C(=O)OC1CCCCC1. The lowest BCUT2D eigenvalue weighted by molar-refractivity contribution is -0.144. The highest BCUT2D eigenvalue weighted by atomic mass is 16.5. The van der Waals surface area contributed by atoms with Crippen molar-refractivity contribution in [3.63, 3.8) is 0 Å². The van der Waals surface area contributed by atoms with E-state index in [0.717, 1.165) is 31.3 Å². The maximum Gasteiger partial charge on any atom is 0.331 e. The van der Waals surface area contributed by atoms with Crippen molar-refractivity contribution in [2.24, 2.45) is 5.92 Å². The number of allylic oxidation sites excluding steroid dienone is 3. The van der Waals surface area contributed by atoms with E-state index in [1.165, 1.54) is 32.1 Å². The Hall–Kier alpha value is -1.09. The average molecular weight is 351 g/mol. The maximum absolute atomic E-state index is 11.9. The molecule has 1 unspecified atom stereocenters. The summed E-state index contributed by atoms with van der Waals surface area (Å²) in [5, 5.41) is 0. The fraction of sp³-hybridized carbons (Fsp3) is 0.773. The van der Waals surface area contributed by atoms with Crippen LogP contribution >= 0.6 is 0 Å². The predicted molar refractivity (Wildman–Crippen MR) is 105 cm³/mol. The number of rotatable bonds is 10. The van der Waals surface area contributed by atoms with Crippen LogP contribution in [-0.4, -0.2) is 24.8 Å². The fourth-order valence-corrected chi connectivity index (χ4v) is 3.20. The first kappa shape index (κ1) is 22.0. The van der Waals surface area contributed by atoms with Crippen LogP contribution in [0.2, 0.25) is 0 Å². The van der Waals surface area contributed by atoms with Crippen LogP contribution in [0.3, 0.4) is 0 Å². The molecule has 0 saturated heterocycles. The van der Waals surface area contributed by atoms with Gasteiger partial charge in [0.05, 0.1) is 5.60 Å². The lowest BCUT2D eigenvalue weighted by Crippen LogP contribution is -2.22. The van der Waals surface area contributed by atoms with E-state index in [0.29, 0.717) is 5.92 Å². The van der Waals surface area contributed by atoms with Gasteiger partial charge in [-0.25, -0.2) is 4.79 Å². The molecule has 1 saturated carbocycles. The minimum absolute atomic E-state index is 0.0203. The molecule has 1 fully saturated rings. The van der Waals surface area contributed by atoms with Crippen molar-refractivity contribution >= 4 is 5.97 Å². The smallest absolute Gasteiger partial charge is 0.331 e. The molecule has 0 spiro atoms. The molecule has 0 radical (unpaired) electrons. The van der Waals surface area contributed by atoms with E-state index in [2.05, 4.69) is 26.8 Å². The van der Waals surface area contributed by atoms with Gasteiger partial charge in [-0.1, -0.05) is 38.3 Å². The van der Waals surface area contributed by atoms with E-state index in [9.17, 15) is 4.79 Å². The van der Waals surface area contributed by atoms with Gasteiger partial charge in [-0.2, -0.15) is 0 Å². The Morgan fingerprint density at radius 1 is 1.24 bits per heavy atom. The Morgan fingerprint density at radius 2 is 1.92 bits per heavy atom. The Morgan fingerprint density at radius 3 is 2.56 bits per heavy atom. The third-order valence-corrected chi connectivity index (χ3v) is 5.13. The zero-order valence-electron chi connectivity index (χ0n) is 17.0. The van der Waals surface area contributed by atoms with Gasteiger partial charge < -0.3 is 9.47 Å². The van der Waals surface area contributed by atoms with E-state index in [1.807, 2.05) is 13.0 Å². The summed E-state index contributed by atoms with van der Waals surface area (Å²) in [6.45, 7) is 8.52. The van der Waals surface area contributed by atoms with Gasteiger partial charge >= 0.3 is 5.97 Å². The lowest BCUT2D eigenvalue weighted by atomic mass is 9.95. The summed E-state index contributed by atoms with van der Waals surface area (Å²) >= 11 is 0. The van der Waals surface area contributed by atoms with Gasteiger partial charge in [-0.3, -0.25) is 0 Å². The Bertz CT molecular complexity index is 442. The van der Waals surface area contributed by atoms with Crippen LogP contribution in [0.1, 0.15) is 85.5 Å². The maximum atomic E-state index is 11.9. The minimum Gasteiger partial charge on any atom is -0.459 e. The standard InChI is InChI=1S/C22H38O3/c1-18(13-10-16-22(3,4)24-5)11-9-12-19(2)17-21(23)25-20-14-7-6-8-15-20/h9,12,17-18,20H,6-8,10-11,13-16H2,1-5H3/b12-9+,19-17+. The molecule has 0 amide bonds. The molecule has 0 aromatic rings. The molecule has 0 aromatic heterocycles. The van der Waals surface area contributed by atoms with Crippen LogP contribution in [0.4, 0.5) is 0 Å². The summed E-state index contributed by atoms with van der Waals surface area (Å²) < 4.78 is 11.0. The van der Waals surface area contributed by atoms with Gasteiger partial charge in [-0.05, 0) is 70.8 Å². The quantitative estimate of drug-likeness (QED) is 0.276. The van der Waals surface area contributed by atoms with Crippen molar-refractivity contribution in [1.82, 2.24) is 0 Å². The van der Waals surface area contributed by atoms with Crippen molar-refractivity contribution in [2.75, 3.05) is 7.11 Å². The zero-order chi connectivity index (χ0) is 18.7. The number of carbonyl (C=O) groups is 1.